The third-order valence-electron chi connectivity index (χ3n) is 4.20. The molecule has 0 saturated heterocycles. The number of rotatable bonds is 9. The lowest BCUT2D eigenvalue weighted by atomic mass is 10.2. The van der Waals surface area contributed by atoms with Gasteiger partial charge in [-0.15, -0.1) is 0 Å². The summed E-state index contributed by atoms with van der Waals surface area (Å²) in [7, 11) is 0. The second-order valence-corrected chi connectivity index (χ2v) is 6.31. The van der Waals surface area contributed by atoms with Crippen molar-refractivity contribution in [3.8, 4) is 17.2 Å². The first kappa shape index (κ1) is 18.2. The fraction of sp³-hybridized carbons (Fsp3) is 0.318. The van der Waals surface area contributed by atoms with Crippen LogP contribution < -0.4 is 10.1 Å². The molecule has 0 saturated carbocycles. The Hall–Kier alpha value is -2.59. The van der Waals surface area contributed by atoms with Gasteiger partial charge >= 0.3 is 0 Å². The van der Waals surface area contributed by atoms with E-state index in [1.807, 2.05) is 49.4 Å². The number of hydrogen-bond acceptors (Lipinski definition) is 4. The molecule has 0 aliphatic rings. The number of benzene rings is 2. The van der Waals surface area contributed by atoms with Crippen LogP contribution in [0, 0.1) is 6.92 Å². The lowest BCUT2D eigenvalue weighted by molar-refractivity contribution is 0.320. The monoisotopic (exact) mass is 350 g/mol. The molecule has 0 aliphatic carbocycles. The number of oxazole rings is 1. The van der Waals surface area contributed by atoms with Crippen molar-refractivity contribution in [1.29, 1.82) is 0 Å². The molecule has 0 aliphatic heterocycles. The molecule has 136 valence electrons. The summed E-state index contributed by atoms with van der Waals surface area (Å²) >= 11 is 0. The highest BCUT2D eigenvalue weighted by molar-refractivity contribution is 5.53. The van der Waals surface area contributed by atoms with Gasteiger partial charge in [0.05, 0.1) is 12.3 Å². The maximum Gasteiger partial charge on any atom is 0.226 e. The summed E-state index contributed by atoms with van der Waals surface area (Å²) in [6.07, 6.45) is 1.87. The van der Waals surface area contributed by atoms with Crippen molar-refractivity contribution in [3.05, 3.63) is 71.6 Å². The summed E-state index contributed by atoms with van der Waals surface area (Å²) in [4.78, 5) is 4.61. The van der Waals surface area contributed by atoms with E-state index in [-0.39, 0.29) is 0 Å². The first-order valence-corrected chi connectivity index (χ1v) is 9.20. The molecular formula is C22H26N2O2. The van der Waals surface area contributed by atoms with Gasteiger partial charge in [-0.05, 0) is 49.7 Å². The highest BCUT2D eigenvalue weighted by atomic mass is 16.5. The lowest BCUT2D eigenvalue weighted by Crippen LogP contribution is -2.13. The van der Waals surface area contributed by atoms with Crippen LogP contribution in [0.25, 0.3) is 11.5 Å². The predicted octanol–water partition coefficient (Wildman–Crippen LogP) is 4.77. The minimum atomic E-state index is 0.578. The molecule has 0 amide bonds. The maximum atomic E-state index is 5.86. The van der Waals surface area contributed by atoms with E-state index in [1.165, 1.54) is 5.56 Å². The van der Waals surface area contributed by atoms with E-state index in [1.54, 1.807) is 0 Å². The van der Waals surface area contributed by atoms with Gasteiger partial charge in [0.15, 0.2) is 0 Å². The molecule has 3 aromatic rings. The van der Waals surface area contributed by atoms with E-state index in [2.05, 4.69) is 29.4 Å². The SMILES string of the molecule is CCCNCc1ccc(OCCc2nc(-c3ccccc3)oc2C)cc1. The topological polar surface area (TPSA) is 47.3 Å². The van der Waals surface area contributed by atoms with Crippen LogP contribution in [-0.4, -0.2) is 18.1 Å². The van der Waals surface area contributed by atoms with Gasteiger partial charge in [-0.3, -0.25) is 0 Å². The third-order valence-corrected chi connectivity index (χ3v) is 4.20. The van der Waals surface area contributed by atoms with Crippen molar-refractivity contribution in [2.45, 2.75) is 33.2 Å². The van der Waals surface area contributed by atoms with Crippen molar-refractivity contribution < 1.29 is 9.15 Å². The van der Waals surface area contributed by atoms with Crippen LogP contribution in [-0.2, 0) is 13.0 Å². The van der Waals surface area contributed by atoms with Crippen LogP contribution >= 0.6 is 0 Å². The smallest absolute Gasteiger partial charge is 0.226 e. The molecule has 3 rings (SSSR count). The zero-order chi connectivity index (χ0) is 18.2. The standard InChI is InChI=1S/C22H26N2O2/c1-3-14-23-16-18-9-11-20(12-10-18)25-15-13-21-17(2)26-22(24-21)19-7-5-4-6-8-19/h4-12,23H,3,13-16H2,1-2H3. The Morgan fingerprint density at radius 1 is 1.04 bits per heavy atom. The fourth-order valence-corrected chi connectivity index (χ4v) is 2.74. The quantitative estimate of drug-likeness (QED) is 0.565. The second kappa shape index (κ2) is 9.20. The molecule has 1 heterocycles. The molecule has 1 N–H and O–H groups in total. The summed E-state index contributed by atoms with van der Waals surface area (Å²) in [6, 6.07) is 18.2. The number of nitrogens with zero attached hydrogens (tertiary/aromatic N) is 1. The molecule has 4 nitrogen and oxygen atoms in total. The van der Waals surface area contributed by atoms with Crippen molar-refractivity contribution in [3.63, 3.8) is 0 Å². The molecule has 0 unspecified atom stereocenters. The van der Waals surface area contributed by atoms with Gasteiger partial charge in [-0.2, -0.15) is 0 Å². The average molecular weight is 350 g/mol. The van der Waals surface area contributed by atoms with Crippen LogP contribution in [0.5, 0.6) is 5.75 Å². The molecule has 4 heteroatoms. The van der Waals surface area contributed by atoms with Crippen LogP contribution in [0.4, 0.5) is 0 Å². The van der Waals surface area contributed by atoms with Crippen LogP contribution in [0.3, 0.4) is 0 Å². The number of hydrogen-bond donors (Lipinski definition) is 1. The molecule has 26 heavy (non-hydrogen) atoms. The normalized spacial score (nSPS) is 10.8. The van der Waals surface area contributed by atoms with Gasteiger partial charge in [0.1, 0.15) is 11.5 Å². The summed E-state index contributed by atoms with van der Waals surface area (Å²) in [5.41, 5.74) is 3.21. The van der Waals surface area contributed by atoms with Crippen LogP contribution in [0.2, 0.25) is 0 Å². The van der Waals surface area contributed by atoms with E-state index in [0.717, 1.165) is 48.7 Å². The molecule has 0 fully saturated rings. The molecule has 0 atom stereocenters. The number of aromatic nitrogens is 1. The van der Waals surface area contributed by atoms with Gasteiger partial charge in [-0.1, -0.05) is 37.3 Å². The third kappa shape index (κ3) is 4.96. The number of aryl methyl sites for hydroxylation is 1. The Kier molecular flexibility index (Phi) is 6.45. The Morgan fingerprint density at radius 3 is 2.54 bits per heavy atom. The molecule has 0 radical (unpaired) electrons. The van der Waals surface area contributed by atoms with Gasteiger partial charge in [0.25, 0.3) is 0 Å². The minimum Gasteiger partial charge on any atom is -0.493 e. The van der Waals surface area contributed by atoms with E-state index in [0.29, 0.717) is 12.5 Å². The molecular weight excluding hydrogens is 324 g/mol. The van der Waals surface area contributed by atoms with E-state index in [9.17, 15) is 0 Å². The van der Waals surface area contributed by atoms with Crippen molar-refractivity contribution in [2.75, 3.05) is 13.2 Å². The highest BCUT2D eigenvalue weighted by Gasteiger charge is 2.11. The van der Waals surface area contributed by atoms with Gasteiger partial charge in [0, 0.05) is 18.5 Å². The van der Waals surface area contributed by atoms with E-state index >= 15 is 0 Å². The Balaban J connectivity index is 1.51. The predicted molar refractivity (Wildman–Crippen MR) is 104 cm³/mol. The van der Waals surface area contributed by atoms with Crippen molar-refractivity contribution in [1.82, 2.24) is 10.3 Å². The summed E-state index contributed by atoms with van der Waals surface area (Å²) in [5.74, 6) is 2.40. The van der Waals surface area contributed by atoms with Gasteiger partial charge in [-0.25, -0.2) is 4.98 Å². The molecule has 1 aromatic heterocycles. The van der Waals surface area contributed by atoms with E-state index < -0.39 is 0 Å². The largest absolute Gasteiger partial charge is 0.493 e. The van der Waals surface area contributed by atoms with Crippen LogP contribution in [0.15, 0.2) is 59.0 Å². The summed E-state index contributed by atoms with van der Waals surface area (Å²) in [5, 5.41) is 3.40. The van der Waals surface area contributed by atoms with Gasteiger partial charge < -0.3 is 14.5 Å². The van der Waals surface area contributed by atoms with Crippen LogP contribution in [0.1, 0.15) is 30.4 Å². The highest BCUT2D eigenvalue weighted by Crippen LogP contribution is 2.22. The van der Waals surface area contributed by atoms with Crippen molar-refractivity contribution in [2.24, 2.45) is 0 Å². The first-order valence-electron chi connectivity index (χ1n) is 9.20. The number of ether oxygens (including phenoxy) is 1. The lowest BCUT2D eigenvalue weighted by Gasteiger charge is -2.07. The Bertz CT molecular complexity index is 795. The maximum absolute atomic E-state index is 5.86. The minimum absolute atomic E-state index is 0.578. The Labute approximate surface area is 155 Å². The van der Waals surface area contributed by atoms with E-state index in [4.69, 9.17) is 9.15 Å². The fourth-order valence-electron chi connectivity index (χ4n) is 2.74. The Morgan fingerprint density at radius 2 is 1.81 bits per heavy atom. The molecule has 0 spiro atoms. The average Bonchev–Trinajstić information content (AvgIpc) is 3.05. The summed E-state index contributed by atoms with van der Waals surface area (Å²) < 4.78 is 11.7. The van der Waals surface area contributed by atoms with Crippen molar-refractivity contribution >= 4 is 0 Å². The zero-order valence-corrected chi connectivity index (χ0v) is 15.5. The van der Waals surface area contributed by atoms with Gasteiger partial charge in [0.2, 0.25) is 5.89 Å². The first-order chi connectivity index (χ1) is 12.8. The molecule has 0 bridgehead atoms. The molecule has 2 aromatic carbocycles. The summed E-state index contributed by atoms with van der Waals surface area (Å²) in [6.45, 7) is 6.64. The second-order valence-electron chi connectivity index (χ2n) is 6.31. The number of nitrogens with one attached hydrogen (secondary N) is 1. The zero-order valence-electron chi connectivity index (χ0n) is 15.5.